The molecule has 0 bridgehead atoms. The van der Waals surface area contributed by atoms with Crippen LogP contribution >= 0.6 is 0 Å². The summed E-state index contributed by atoms with van der Waals surface area (Å²) in [5.41, 5.74) is 10.3. The summed E-state index contributed by atoms with van der Waals surface area (Å²) in [6.45, 7) is -1.17. The van der Waals surface area contributed by atoms with E-state index in [1.165, 1.54) is 0 Å². The van der Waals surface area contributed by atoms with E-state index < -0.39 is 68.2 Å². The highest BCUT2D eigenvalue weighted by atomic mass is 16.6. The molecule has 0 aromatic rings. The first-order chi connectivity index (χ1) is 11.1. The molecule has 9 atom stereocenters. The summed E-state index contributed by atoms with van der Waals surface area (Å²) in [6, 6.07) is -2.30. The van der Waals surface area contributed by atoms with Crippen LogP contribution < -0.4 is 11.5 Å². The number of aliphatic hydroxyl groups excluding tert-OH is 8. The van der Waals surface area contributed by atoms with E-state index in [4.69, 9.17) is 46.8 Å². The maximum absolute atomic E-state index is 10.0. The lowest BCUT2D eigenvalue weighted by molar-refractivity contribution is -0.248. The standard InChI is InChI=1S/2C6H13NO5/c7-3-5(10)4(9)2(1-8)12-6(3)11;7-3(1-8)5(11)6(12)4(10)2-9/h2-6,8-11H,1,7H2;1,3-6,9-12H,2,7H2/t2-,3-,4-,5-,6-;3-,4+,5+,6+/m10/s1. The fraction of sp³-hybridized carbons (Fsp3) is 0.917. The molecule has 1 aliphatic heterocycles. The van der Waals surface area contributed by atoms with Crippen molar-refractivity contribution in [3.05, 3.63) is 0 Å². The largest absolute Gasteiger partial charge is 0.394 e. The van der Waals surface area contributed by atoms with Gasteiger partial charge in [-0.15, -0.1) is 0 Å². The predicted molar refractivity (Wildman–Crippen MR) is 77.1 cm³/mol. The minimum Gasteiger partial charge on any atom is -0.394 e. The number of hydrogen-bond donors (Lipinski definition) is 10. The van der Waals surface area contributed by atoms with Crippen LogP contribution in [0.4, 0.5) is 0 Å². The summed E-state index contributed by atoms with van der Waals surface area (Å²) in [5, 5.41) is 71.2. The quantitative estimate of drug-likeness (QED) is 0.199. The maximum Gasteiger partial charge on any atom is 0.173 e. The Morgan fingerprint density at radius 1 is 1.04 bits per heavy atom. The third kappa shape index (κ3) is 6.27. The predicted octanol–water partition coefficient (Wildman–Crippen LogP) is -6.67. The molecule has 0 aromatic heterocycles. The van der Waals surface area contributed by atoms with Gasteiger partial charge >= 0.3 is 0 Å². The second-order valence-corrected chi connectivity index (χ2v) is 5.25. The first-order valence-corrected chi connectivity index (χ1v) is 7.04. The summed E-state index contributed by atoms with van der Waals surface area (Å²) in [7, 11) is 0. The number of carbonyl (C=O) groups is 1. The molecule has 1 fully saturated rings. The lowest BCUT2D eigenvalue weighted by Crippen LogP contribution is -2.61. The zero-order valence-electron chi connectivity index (χ0n) is 12.7. The molecule has 0 aromatic carbocycles. The van der Waals surface area contributed by atoms with Crippen LogP contribution in [0.15, 0.2) is 0 Å². The first-order valence-electron chi connectivity index (χ1n) is 7.04. The number of aldehydes is 1. The first kappa shape index (κ1) is 23.2. The molecular weight excluding hydrogens is 332 g/mol. The second-order valence-electron chi connectivity index (χ2n) is 5.25. The highest BCUT2D eigenvalue weighted by Gasteiger charge is 2.41. The highest BCUT2D eigenvalue weighted by Crippen LogP contribution is 2.17. The smallest absolute Gasteiger partial charge is 0.173 e. The van der Waals surface area contributed by atoms with Gasteiger partial charge in [-0.05, 0) is 0 Å². The molecule has 0 amide bonds. The molecule has 12 N–H and O–H groups in total. The molecule has 12 nitrogen and oxygen atoms in total. The topological polar surface area (TPSA) is 240 Å². The average Bonchev–Trinajstić information content (AvgIpc) is 2.60. The Hall–Kier alpha value is -0.770. The molecule has 144 valence electrons. The third-order valence-electron chi connectivity index (χ3n) is 3.43. The Bertz CT molecular complexity index is 358. The van der Waals surface area contributed by atoms with Gasteiger partial charge in [0.1, 0.15) is 42.9 Å². The van der Waals surface area contributed by atoms with Crippen molar-refractivity contribution in [3.63, 3.8) is 0 Å². The number of aliphatic hydroxyl groups is 8. The van der Waals surface area contributed by atoms with Crippen LogP contribution in [0, 0.1) is 0 Å². The van der Waals surface area contributed by atoms with Gasteiger partial charge in [-0.1, -0.05) is 0 Å². The Balaban J connectivity index is 0.000000441. The minimum absolute atomic E-state index is 0.248. The van der Waals surface area contributed by atoms with Crippen molar-refractivity contribution in [3.8, 4) is 0 Å². The highest BCUT2D eigenvalue weighted by molar-refractivity contribution is 5.58. The van der Waals surface area contributed by atoms with E-state index in [2.05, 4.69) is 0 Å². The summed E-state index contributed by atoms with van der Waals surface area (Å²) < 4.78 is 4.70. The summed E-state index contributed by atoms with van der Waals surface area (Å²) in [4.78, 5) is 10.0. The molecule has 1 aliphatic rings. The average molecular weight is 358 g/mol. The van der Waals surface area contributed by atoms with Crippen LogP contribution in [0.3, 0.4) is 0 Å². The molecule has 1 heterocycles. The fourth-order valence-corrected chi connectivity index (χ4v) is 1.76. The van der Waals surface area contributed by atoms with Crippen LogP contribution in [0.2, 0.25) is 0 Å². The zero-order valence-corrected chi connectivity index (χ0v) is 12.7. The fourth-order valence-electron chi connectivity index (χ4n) is 1.76. The van der Waals surface area contributed by atoms with Gasteiger partial charge in [0, 0.05) is 0 Å². The maximum atomic E-state index is 10.0. The van der Waals surface area contributed by atoms with Crippen LogP contribution in [-0.4, -0.2) is 115 Å². The molecule has 1 rings (SSSR count). The van der Waals surface area contributed by atoms with E-state index in [1.807, 2.05) is 0 Å². The van der Waals surface area contributed by atoms with Crippen molar-refractivity contribution in [2.75, 3.05) is 13.2 Å². The van der Waals surface area contributed by atoms with E-state index in [1.54, 1.807) is 0 Å². The van der Waals surface area contributed by atoms with Gasteiger partial charge in [-0.2, -0.15) is 0 Å². The molecule has 0 aliphatic carbocycles. The molecule has 0 radical (unpaired) electrons. The Morgan fingerprint density at radius 3 is 2.00 bits per heavy atom. The number of hydrogen-bond acceptors (Lipinski definition) is 12. The van der Waals surface area contributed by atoms with Gasteiger partial charge in [-0.25, -0.2) is 0 Å². The van der Waals surface area contributed by atoms with Crippen LogP contribution in [0.1, 0.15) is 0 Å². The van der Waals surface area contributed by atoms with Crippen molar-refractivity contribution < 1.29 is 50.4 Å². The van der Waals surface area contributed by atoms with Crippen molar-refractivity contribution in [2.45, 2.75) is 55.0 Å². The van der Waals surface area contributed by atoms with E-state index in [-0.39, 0.29) is 6.29 Å². The number of carbonyl (C=O) groups excluding carboxylic acids is 1. The van der Waals surface area contributed by atoms with Gasteiger partial charge in [0.2, 0.25) is 0 Å². The second kappa shape index (κ2) is 11.0. The lowest BCUT2D eigenvalue weighted by atomic mass is 9.98. The SMILES string of the molecule is N[C@@H](C=O)[C@@H](O)[C@H](O)[C@H](O)CO.N[C@@H]1[C@@H](O)[C@H](O)[C@@H](CO)O[C@H]1O. The normalized spacial score (nSPS) is 35.2. The number of rotatable bonds is 6. The van der Waals surface area contributed by atoms with E-state index >= 15 is 0 Å². The van der Waals surface area contributed by atoms with Crippen molar-refractivity contribution >= 4 is 6.29 Å². The molecular formula is C12H26N2O10. The Labute approximate surface area is 137 Å². The van der Waals surface area contributed by atoms with Gasteiger partial charge < -0.3 is 61.9 Å². The van der Waals surface area contributed by atoms with Gasteiger partial charge in [0.25, 0.3) is 0 Å². The summed E-state index contributed by atoms with van der Waals surface area (Å²) in [6.07, 6.45) is -9.28. The van der Waals surface area contributed by atoms with Crippen LogP contribution in [0.5, 0.6) is 0 Å². The Kier molecular flexibility index (Phi) is 10.6. The van der Waals surface area contributed by atoms with Crippen LogP contribution in [0.25, 0.3) is 0 Å². The Morgan fingerprint density at radius 2 is 1.58 bits per heavy atom. The van der Waals surface area contributed by atoms with Crippen molar-refractivity contribution in [2.24, 2.45) is 11.5 Å². The molecule has 0 unspecified atom stereocenters. The monoisotopic (exact) mass is 358 g/mol. The number of ether oxygens (including phenoxy) is 1. The van der Waals surface area contributed by atoms with Gasteiger partial charge in [0.05, 0.1) is 25.3 Å². The molecule has 12 heteroatoms. The molecule has 0 spiro atoms. The van der Waals surface area contributed by atoms with E-state index in [0.717, 1.165) is 0 Å². The molecule has 24 heavy (non-hydrogen) atoms. The summed E-state index contributed by atoms with van der Waals surface area (Å²) >= 11 is 0. The van der Waals surface area contributed by atoms with Crippen LogP contribution in [-0.2, 0) is 9.53 Å². The number of nitrogens with two attached hydrogens (primary N) is 2. The zero-order chi connectivity index (χ0) is 19.0. The van der Waals surface area contributed by atoms with Crippen molar-refractivity contribution in [1.82, 2.24) is 0 Å². The summed E-state index contributed by atoms with van der Waals surface area (Å²) in [5.74, 6) is 0. The molecule has 0 saturated carbocycles. The lowest BCUT2D eigenvalue weighted by Gasteiger charge is -2.38. The minimum atomic E-state index is -1.62. The van der Waals surface area contributed by atoms with Crippen molar-refractivity contribution in [1.29, 1.82) is 0 Å². The van der Waals surface area contributed by atoms with E-state index in [9.17, 15) is 15.0 Å². The third-order valence-corrected chi connectivity index (χ3v) is 3.43. The molecule has 1 saturated heterocycles. The van der Waals surface area contributed by atoms with Gasteiger partial charge in [0.15, 0.2) is 6.29 Å². The van der Waals surface area contributed by atoms with Gasteiger partial charge in [-0.3, -0.25) is 0 Å². The van der Waals surface area contributed by atoms with E-state index in [0.29, 0.717) is 0 Å².